The molecule has 0 spiro atoms. The summed E-state index contributed by atoms with van der Waals surface area (Å²) in [6, 6.07) is 18.5. The highest BCUT2D eigenvalue weighted by Crippen LogP contribution is 2.36. The number of fused-ring (bicyclic) bond motifs is 2. The summed E-state index contributed by atoms with van der Waals surface area (Å²) in [5.74, 6) is 0.400. The van der Waals surface area contributed by atoms with E-state index in [9.17, 15) is 8.42 Å². The van der Waals surface area contributed by atoms with Gasteiger partial charge >= 0.3 is 0 Å². The minimum absolute atomic E-state index is 0.0243. The van der Waals surface area contributed by atoms with Gasteiger partial charge in [0.25, 0.3) is 0 Å². The van der Waals surface area contributed by atoms with Crippen LogP contribution in [0.4, 0.5) is 5.82 Å². The first-order valence-electron chi connectivity index (χ1n) is 10.4. The third kappa shape index (κ3) is 3.69. The number of sulfone groups is 1. The van der Waals surface area contributed by atoms with Gasteiger partial charge in [0.05, 0.1) is 17.2 Å². The molecule has 5 rings (SSSR count). The molecule has 2 aromatic carbocycles. The Hall–Kier alpha value is -3.56. The lowest BCUT2D eigenvalue weighted by Crippen LogP contribution is -2.05. The summed E-state index contributed by atoms with van der Waals surface area (Å²) >= 11 is 1.13. The summed E-state index contributed by atoms with van der Waals surface area (Å²) in [5, 5.41) is 6.21. The smallest absolute Gasteiger partial charge is 0.221 e. The lowest BCUT2D eigenvalue weighted by Gasteiger charge is -2.05. The number of nitrogens with zero attached hydrogens (tertiary/aromatic N) is 4. The predicted octanol–water partition coefficient (Wildman–Crippen LogP) is 5.07. The highest BCUT2D eigenvalue weighted by atomic mass is 32.2. The van der Waals surface area contributed by atoms with Crippen molar-refractivity contribution in [3.63, 3.8) is 0 Å². The Morgan fingerprint density at radius 1 is 1.00 bits per heavy atom. The van der Waals surface area contributed by atoms with Crippen LogP contribution in [0.25, 0.3) is 22.2 Å². The average Bonchev–Trinajstić information content (AvgIpc) is 3.43. The second-order valence-corrected chi connectivity index (χ2v) is 11.0. The van der Waals surface area contributed by atoms with Crippen LogP contribution in [0.3, 0.4) is 0 Å². The molecule has 3 aromatic heterocycles. The topological polar surface area (TPSA) is 103 Å². The lowest BCUT2D eigenvalue weighted by atomic mass is 10.0. The van der Waals surface area contributed by atoms with E-state index in [0.29, 0.717) is 17.0 Å². The van der Waals surface area contributed by atoms with E-state index >= 15 is 0 Å². The number of rotatable bonds is 5. The minimum Gasteiger partial charge on any atom is -0.382 e. The quantitative estimate of drug-likeness (QED) is 0.358. The number of para-hydroxylation sites is 2. The maximum atomic E-state index is 13.5. The van der Waals surface area contributed by atoms with Gasteiger partial charge in [-0.3, -0.25) is 0 Å². The molecule has 3 heterocycles. The van der Waals surface area contributed by atoms with Crippen molar-refractivity contribution in [2.24, 2.45) is 5.10 Å². The number of benzene rings is 2. The van der Waals surface area contributed by atoms with Gasteiger partial charge in [-0.15, -0.1) is 11.3 Å². The van der Waals surface area contributed by atoms with Gasteiger partial charge in [-0.25, -0.2) is 18.4 Å². The maximum Gasteiger partial charge on any atom is 0.221 e. The zero-order chi connectivity index (χ0) is 23.2. The van der Waals surface area contributed by atoms with E-state index in [1.54, 1.807) is 29.8 Å². The Bertz CT molecular complexity index is 1600. The van der Waals surface area contributed by atoms with E-state index < -0.39 is 9.84 Å². The Labute approximate surface area is 195 Å². The standard InChI is InChI=1S/C24H21N5O2S2/c1-15(2)17-11-9-16(10-12-17)14-26-29-23(25)22(33(30,31)20-8-5-13-32-20)21-24(29)28-19-7-4-3-6-18(19)27-21/h3-15H,25H2,1-2H3/b26-14-. The zero-order valence-corrected chi connectivity index (χ0v) is 19.6. The Morgan fingerprint density at radius 3 is 2.33 bits per heavy atom. The van der Waals surface area contributed by atoms with Crippen LogP contribution >= 0.6 is 11.3 Å². The largest absolute Gasteiger partial charge is 0.382 e. The molecule has 0 atom stereocenters. The van der Waals surface area contributed by atoms with E-state index in [1.807, 2.05) is 42.5 Å². The Balaban J connectivity index is 1.73. The van der Waals surface area contributed by atoms with E-state index in [-0.39, 0.29) is 26.1 Å². The monoisotopic (exact) mass is 475 g/mol. The number of nitrogen functional groups attached to an aromatic ring is 1. The summed E-state index contributed by atoms with van der Waals surface area (Å²) in [7, 11) is -3.90. The molecule has 0 aliphatic rings. The molecule has 5 aromatic rings. The molecule has 0 fully saturated rings. The predicted molar refractivity (Wildman–Crippen MR) is 133 cm³/mol. The molecule has 9 heteroatoms. The summed E-state index contributed by atoms with van der Waals surface area (Å²) in [4.78, 5) is 9.18. The first kappa shape index (κ1) is 21.3. The number of hydrogen-bond acceptors (Lipinski definition) is 7. The Kier molecular flexibility index (Phi) is 5.22. The second-order valence-electron chi connectivity index (χ2n) is 7.91. The number of hydrogen-bond donors (Lipinski definition) is 1. The normalized spacial score (nSPS) is 12.5. The van der Waals surface area contributed by atoms with Crippen LogP contribution in [-0.2, 0) is 9.84 Å². The number of anilines is 1. The van der Waals surface area contributed by atoms with E-state index in [1.165, 1.54) is 10.2 Å². The molecule has 0 saturated heterocycles. The lowest BCUT2D eigenvalue weighted by molar-refractivity contribution is 0.599. The first-order chi connectivity index (χ1) is 15.9. The van der Waals surface area contributed by atoms with Gasteiger partial charge in [0.2, 0.25) is 9.84 Å². The van der Waals surface area contributed by atoms with Crippen LogP contribution in [-0.4, -0.2) is 29.3 Å². The van der Waals surface area contributed by atoms with Gasteiger partial charge < -0.3 is 5.73 Å². The van der Waals surface area contributed by atoms with Gasteiger partial charge in [-0.2, -0.15) is 9.78 Å². The van der Waals surface area contributed by atoms with Crippen LogP contribution in [0.1, 0.15) is 30.9 Å². The van der Waals surface area contributed by atoms with Crippen molar-refractivity contribution >= 4 is 55.4 Å². The highest BCUT2D eigenvalue weighted by molar-refractivity contribution is 7.93. The van der Waals surface area contributed by atoms with Gasteiger partial charge in [0, 0.05) is 0 Å². The van der Waals surface area contributed by atoms with E-state index in [0.717, 1.165) is 16.9 Å². The molecule has 0 aliphatic carbocycles. The van der Waals surface area contributed by atoms with Crippen molar-refractivity contribution in [1.29, 1.82) is 0 Å². The Morgan fingerprint density at radius 2 is 1.70 bits per heavy atom. The third-order valence-corrected chi connectivity index (χ3v) is 8.60. The zero-order valence-electron chi connectivity index (χ0n) is 18.0. The highest BCUT2D eigenvalue weighted by Gasteiger charge is 2.31. The van der Waals surface area contributed by atoms with Crippen molar-refractivity contribution in [3.8, 4) is 0 Å². The summed E-state index contributed by atoms with van der Waals surface area (Å²) in [6.07, 6.45) is 1.64. The van der Waals surface area contributed by atoms with Gasteiger partial charge in [0.15, 0.2) is 5.65 Å². The van der Waals surface area contributed by atoms with Crippen LogP contribution in [0.15, 0.2) is 80.2 Å². The van der Waals surface area contributed by atoms with Crippen LogP contribution in [0.2, 0.25) is 0 Å². The SMILES string of the molecule is CC(C)c1ccc(/C=N\n2c(N)c(S(=O)(=O)c3cccs3)c3nc4ccccc4nc32)cc1. The van der Waals surface area contributed by atoms with Crippen LogP contribution in [0.5, 0.6) is 0 Å². The number of nitrogens with two attached hydrogens (primary N) is 1. The second kappa shape index (κ2) is 8.09. The molecule has 33 heavy (non-hydrogen) atoms. The molecule has 0 bridgehead atoms. The van der Waals surface area contributed by atoms with Crippen molar-refractivity contribution in [2.75, 3.05) is 5.73 Å². The van der Waals surface area contributed by atoms with Gasteiger partial charge in [0.1, 0.15) is 20.4 Å². The van der Waals surface area contributed by atoms with E-state index in [4.69, 9.17) is 5.73 Å². The molecular formula is C24H21N5O2S2. The number of aromatic nitrogens is 3. The van der Waals surface area contributed by atoms with Crippen molar-refractivity contribution in [2.45, 2.75) is 28.9 Å². The molecule has 0 unspecified atom stereocenters. The fraction of sp³-hybridized carbons (Fsp3) is 0.125. The fourth-order valence-electron chi connectivity index (χ4n) is 3.61. The van der Waals surface area contributed by atoms with Crippen molar-refractivity contribution in [3.05, 3.63) is 77.2 Å². The fourth-order valence-corrected chi connectivity index (χ4v) is 6.20. The van der Waals surface area contributed by atoms with E-state index in [2.05, 4.69) is 28.9 Å². The molecule has 0 saturated carbocycles. The third-order valence-electron chi connectivity index (χ3n) is 5.38. The summed E-state index contributed by atoms with van der Waals surface area (Å²) < 4.78 is 28.4. The maximum absolute atomic E-state index is 13.5. The minimum atomic E-state index is -3.90. The molecule has 166 valence electrons. The summed E-state index contributed by atoms with van der Waals surface area (Å²) in [6.45, 7) is 4.27. The number of thiophene rings is 1. The van der Waals surface area contributed by atoms with Crippen molar-refractivity contribution in [1.82, 2.24) is 14.6 Å². The molecule has 7 nitrogen and oxygen atoms in total. The molecule has 0 radical (unpaired) electrons. The van der Waals surface area contributed by atoms with Gasteiger partial charge in [-0.05, 0) is 40.6 Å². The van der Waals surface area contributed by atoms with Crippen LogP contribution < -0.4 is 5.73 Å². The molecule has 2 N–H and O–H groups in total. The van der Waals surface area contributed by atoms with Crippen LogP contribution in [0, 0.1) is 0 Å². The first-order valence-corrected chi connectivity index (χ1v) is 12.7. The average molecular weight is 476 g/mol. The van der Waals surface area contributed by atoms with Crippen molar-refractivity contribution < 1.29 is 8.42 Å². The molecule has 0 amide bonds. The molecule has 0 aliphatic heterocycles. The van der Waals surface area contributed by atoms with Gasteiger partial charge in [-0.1, -0.05) is 56.3 Å². The molecular weight excluding hydrogens is 454 g/mol. The summed E-state index contributed by atoms with van der Waals surface area (Å²) in [5.41, 5.74) is 10.2.